The molecule has 0 radical (unpaired) electrons. The SMILES string of the molecule is COc1cccc(CCn2cnc3sc4c(c3c2=O)CCC(NCc2ccccc2)C4)c1. The normalized spacial score (nSPS) is 15.6. The van der Waals surface area contributed by atoms with Gasteiger partial charge in [0.05, 0.1) is 18.8 Å². The van der Waals surface area contributed by atoms with Gasteiger partial charge in [-0.05, 0) is 54.5 Å². The van der Waals surface area contributed by atoms with Gasteiger partial charge in [0.15, 0.2) is 0 Å². The number of hydrogen-bond acceptors (Lipinski definition) is 5. The van der Waals surface area contributed by atoms with E-state index in [-0.39, 0.29) is 5.56 Å². The second-order valence-corrected chi connectivity index (χ2v) is 9.42. The molecule has 0 saturated heterocycles. The number of ether oxygens (including phenoxy) is 1. The number of fused-ring (bicyclic) bond motifs is 3. The predicted molar refractivity (Wildman–Crippen MR) is 130 cm³/mol. The molecule has 0 fully saturated rings. The molecule has 0 amide bonds. The zero-order valence-electron chi connectivity index (χ0n) is 18.2. The molecule has 6 heteroatoms. The predicted octanol–water partition coefficient (Wildman–Crippen LogP) is 4.36. The number of aromatic nitrogens is 2. The van der Waals surface area contributed by atoms with Crippen molar-refractivity contribution in [1.29, 1.82) is 0 Å². The Labute approximate surface area is 191 Å². The van der Waals surface area contributed by atoms with Crippen molar-refractivity contribution in [2.24, 2.45) is 0 Å². The van der Waals surface area contributed by atoms with Crippen molar-refractivity contribution < 1.29 is 4.74 Å². The molecular formula is C26H27N3O2S. The molecule has 1 N–H and O–H groups in total. The Morgan fingerprint density at radius 1 is 1.16 bits per heavy atom. The second-order valence-electron chi connectivity index (χ2n) is 8.33. The van der Waals surface area contributed by atoms with Gasteiger partial charge in [-0.2, -0.15) is 0 Å². The average molecular weight is 446 g/mol. The summed E-state index contributed by atoms with van der Waals surface area (Å²) >= 11 is 1.69. The lowest BCUT2D eigenvalue weighted by Gasteiger charge is -2.23. The van der Waals surface area contributed by atoms with Crippen LogP contribution in [0.4, 0.5) is 0 Å². The van der Waals surface area contributed by atoms with Crippen LogP contribution in [-0.2, 0) is 32.4 Å². The number of benzene rings is 2. The Bertz CT molecular complexity index is 1280. The number of thiophene rings is 1. The summed E-state index contributed by atoms with van der Waals surface area (Å²) in [7, 11) is 1.67. The summed E-state index contributed by atoms with van der Waals surface area (Å²) in [5.74, 6) is 0.839. The Morgan fingerprint density at radius 3 is 2.84 bits per heavy atom. The first-order valence-electron chi connectivity index (χ1n) is 11.1. The number of methoxy groups -OCH3 is 1. The summed E-state index contributed by atoms with van der Waals surface area (Å²) in [6.45, 7) is 1.49. The molecular weight excluding hydrogens is 418 g/mol. The van der Waals surface area contributed by atoms with Crippen molar-refractivity contribution in [3.05, 3.63) is 92.8 Å². The average Bonchev–Trinajstić information content (AvgIpc) is 3.21. The summed E-state index contributed by atoms with van der Waals surface area (Å²) in [5.41, 5.74) is 3.76. The van der Waals surface area contributed by atoms with Gasteiger partial charge in [-0.15, -0.1) is 11.3 Å². The molecule has 0 spiro atoms. The van der Waals surface area contributed by atoms with Gasteiger partial charge >= 0.3 is 0 Å². The van der Waals surface area contributed by atoms with Crippen molar-refractivity contribution in [2.45, 2.75) is 44.8 Å². The quantitative estimate of drug-likeness (QED) is 0.459. The first kappa shape index (κ1) is 20.9. The molecule has 1 aliphatic carbocycles. The third-order valence-corrected chi connectivity index (χ3v) is 7.41. The van der Waals surface area contributed by atoms with E-state index < -0.39 is 0 Å². The molecule has 0 bridgehead atoms. The molecule has 0 aliphatic heterocycles. The van der Waals surface area contributed by atoms with E-state index in [0.29, 0.717) is 12.6 Å². The van der Waals surface area contributed by atoms with Crippen LogP contribution in [0.25, 0.3) is 10.2 Å². The lowest BCUT2D eigenvalue weighted by molar-refractivity contribution is 0.414. The van der Waals surface area contributed by atoms with Crippen molar-refractivity contribution in [3.8, 4) is 5.75 Å². The Balaban J connectivity index is 1.32. The maximum Gasteiger partial charge on any atom is 0.262 e. The lowest BCUT2D eigenvalue weighted by atomic mass is 9.93. The number of nitrogens with zero attached hydrogens (tertiary/aromatic N) is 2. The fourth-order valence-corrected chi connectivity index (χ4v) is 5.73. The fraction of sp³-hybridized carbons (Fsp3) is 0.308. The smallest absolute Gasteiger partial charge is 0.262 e. The third kappa shape index (κ3) is 4.33. The molecule has 2 aromatic carbocycles. The van der Waals surface area contributed by atoms with E-state index in [1.165, 1.54) is 16.0 Å². The van der Waals surface area contributed by atoms with E-state index in [1.807, 2.05) is 24.3 Å². The minimum absolute atomic E-state index is 0.0890. The van der Waals surface area contributed by atoms with Crippen molar-refractivity contribution >= 4 is 21.6 Å². The number of aryl methyl sites for hydroxylation is 3. The molecule has 5 rings (SSSR count). The van der Waals surface area contributed by atoms with Gasteiger partial charge in [-0.1, -0.05) is 42.5 Å². The molecule has 1 aliphatic rings. The van der Waals surface area contributed by atoms with Crippen LogP contribution in [0.3, 0.4) is 0 Å². The highest BCUT2D eigenvalue weighted by Crippen LogP contribution is 2.33. The summed E-state index contributed by atoms with van der Waals surface area (Å²) in [4.78, 5) is 20.1. The van der Waals surface area contributed by atoms with Crippen LogP contribution in [0.2, 0.25) is 0 Å². The minimum atomic E-state index is 0.0890. The zero-order chi connectivity index (χ0) is 21.9. The molecule has 5 nitrogen and oxygen atoms in total. The number of hydrogen-bond donors (Lipinski definition) is 1. The fourth-order valence-electron chi connectivity index (χ4n) is 4.47. The molecule has 1 atom stereocenters. The largest absolute Gasteiger partial charge is 0.497 e. The maximum atomic E-state index is 13.3. The second kappa shape index (κ2) is 9.27. The highest BCUT2D eigenvalue weighted by atomic mass is 32.1. The van der Waals surface area contributed by atoms with Gasteiger partial charge in [-0.3, -0.25) is 9.36 Å². The van der Waals surface area contributed by atoms with E-state index in [1.54, 1.807) is 29.3 Å². The first-order valence-corrected chi connectivity index (χ1v) is 11.9. The number of nitrogens with one attached hydrogen (secondary N) is 1. The molecule has 2 aromatic heterocycles. The van der Waals surface area contributed by atoms with Crippen LogP contribution in [-0.4, -0.2) is 22.7 Å². The standard InChI is InChI=1S/C26H27N3O2S/c1-31-21-9-5-8-18(14-21)12-13-29-17-28-25-24(26(29)30)22-11-10-20(15-23(22)32-25)27-16-19-6-3-2-4-7-19/h2-9,14,17,20,27H,10-13,15-16H2,1H3. The molecule has 0 saturated carbocycles. The van der Waals surface area contributed by atoms with Crippen LogP contribution >= 0.6 is 11.3 Å². The molecule has 2 heterocycles. The van der Waals surface area contributed by atoms with Gasteiger partial charge in [0.2, 0.25) is 0 Å². The highest BCUT2D eigenvalue weighted by molar-refractivity contribution is 7.18. The van der Waals surface area contributed by atoms with Crippen LogP contribution in [0.5, 0.6) is 5.75 Å². The Kier molecular flexibility index (Phi) is 6.06. The maximum absolute atomic E-state index is 13.3. The van der Waals surface area contributed by atoms with E-state index >= 15 is 0 Å². The monoisotopic (exact) mass is 445 g/mol. The summed E-state index contributed by atoms with van der Waals surface area (Å²) in [5, 5.41) is 4.52. The van der Waals surface area contributed by atoms with Crippen molar-refractivity contribution in [2.75, 3.05) is 7.11 Å². The Morgan fingerprint density at radius 2 is 2.00 bits per heavy atom. The van der Waals surface area contributed by atoms with Crippen LogP contribution < -0.4 is 15.6 Å². The number of rotatable bonds is 7. The molecule has 164 valence electrons. The molecule has 1 unspecified atom stereocenters. The third-order valence-electron chi connectivity index (χ3n) is 6.25. The topological polar surface area (TPSA) is 56.2 Å². The first-order chi connectivity index (χ1) is 15.7. The van der Waals surface area contributed by atoms with Crippen LogP contribution in [0.1, 0.15) is 28.0 Å². The van der Waals surface area contributed by atoms with E-state index in [0.717, 1.165) is 53.8 Å². The summed E-state index contributed by atoms with van der Waals surface area (Å²) < 4.78 is 7.06. The van der Waals surface area contributed by atoms with Crippen molar-refractivity contribution in [3.63, 3.8) is 0 Å². The van der Waals surface area contributed by atoms with Crippen molar-refractivity contribution in [1.82, 2.24) is 14.9 Å². The highest BCUT2D eigenvalue weighted by Gasteiger charge is 2.25. The van der Waals surface area contributed by atoms with Gasteiger partial charge in [0.25, 0.3) is 5.56 Å². The van der Waals surface area contributed by atoms with E-state index in [4.69, 9.17) is 4.74 Å². The minimum Gasteiger partial charge on any atom is -0.497 e. The van der Waals surface area contributed by atoms with Gasteiger partial charge in [-0.25, -0.2) is 4.98 Å². The van der Waals surface area contributed by atoms with E-state index in [2.05, 4.69) is 40.6 Å². The van der Waals surface area contributed by atoms with Crippen LogP contribution in [0.15, 0.2) is 65.7 Å². The molecule has 4 aromatic rings. The van der Waals surface area contributed by atoms with Gasteiger partial charge in [0.1, 0.15) is 10.6 Å². The zero-order valence-corrected chi connectivity index (χ0v) is 19.0. The summed E-state index contributed by atoms with van der Waals surface area (Å²) in [6, 6.07) is 18.9. The summed E-state index contributed by atoms with van der Waals surface area (Å²) in [6.07, 6.45) is 5.41. The van der Waals surface area contributed by atoms with E-state index in [9.17, 15) is 4.79 Å². The van der Waals surface area contributed by atoms with Crippen LogP contribution in [0, 0.1) is 0 Å². The lowest BCUT2D eigenvalue weighted by Crippen LogP contribution is -2.33. The van der Waals surface area contributed by atoms with Gasteiger partial charge < -0.3 is 10.1 Å². The Hall–Kier alpha value is -2.96. The molecule has 32 heavy (non-hydrogen) atoms. The van der Waals surface area contributed by atoms with Gasteiger partial charge in [0, 0.05) is 24.0 Å².